The predicted molar refractivity (Wildman–Crippen MR) is 104 cm³/mol. The van der Waals surface area contributed by atoms with Gasteiger partial charge in [0, 0.05) is 45.5 Å². The number of nitrogens with one attached hydrogen (secondary N) is 2. The van der Waals surface area contributed by atoms with E-state index in [1.165, 1.54) is 5.69 Å². The molecule has 1 fully saturated rings. The van der Waals surface area contributed by atoms with E-state index < -0.39 is 0 Å². The zero-order chi connectivity index (χ0) is 18.1. The van der Waals surface area contributed by atoms with E-state index in [0.717, 1.165) is 39.1 Å². The Hall–Kier alpha value is -2.24. The molecule has 1 heterocycles. The number of carbonyl (C=O) groups excluding carboxylic acids is 1. The summed E-state index contributed by atoms with van der Waals surface area (Å²) in [7, 11) is 1.73. The largest absolute Gasteiger partial charge is 0.368 e. The van der Waals surface area contributed by atoms with Crippen LogP contribution >= 0.6 is 0 Å². The quantitative estimate of drug-likeness (QED) is 0.607. The van der Waals surface area contributed by atoms with E-state index in [9.17, 15) is 4.79 Å². The van der Waals surface area contributed by atoms with Gasteiger partial charge in [-0.05, 0) is 24.5 Å². The minimum absolute atomic E-state index is 0.125. The van der Waals surface area contributed by atoms with Gasteiger partial charge in [0.2, 0.25) is 5.91 Å². The van der Waals surface area contributed by atoms with Crippen molar-refractivity contribution >= 4 is 17.6 Å². The van der Waals surface area contributed by atoms with Gasteiger partial charge in [-0.15, -0.1) is 0 Å². The van der Waals surface area contributed by atoms with Gasteiger partial charge in [0.05, 0.1) is 6.54 Å². The van der Waals surface area contributed by atoms with Crippen LogP contribution in [0.5, 0.6) is 0 Å². The molecule has 0 saturated carbocycles. The average Bonchev–Trinajstić information content (AvgIpc) is 2.65. The van der Waals surface area contributed by atoms with E-state index in [2.05, 4.69) is 58.6 Å². The molecule has 1 aromatic carbocycles. The predicted octanol–water partition coefficient (Wildman–Crippen LogP) is 1.55. The van der Waals surface area contributed by atoms with Crippen LogP contribution in [0.15, 0.2) is 35.3 Å². The fourth-order valence-electron chi connectivity index (χ4n) is 2.82. The lowest BCUT2D eigenvalue weighted by atomic mass is 10.1. The lowest BCUT2D eigenvalue weighted by molar-refractivity contribution is -0.130. The monoisotopic (exact) mass is 345 g/mol. The van der Waals surface area contributed by atoms with Gasteiger partial charge in [0.15, 0.2) is 5.96 Å². The van der Waals surface area contributed by atoms with Crippen LogP contribution in [-0.4, -0.2) is 63.1 Å². The van der Waals surface area contributed by atoms with Crippen molar-refractivity contribution < 1.29 is 4.79 Å². The molecule has 0 aromatic heterocycles. The first kappa shape index (κ1) is 19.1. The number of aliphatic imine (C=N–C) groups is 1. The summed E-state index contributed by atoms with van der Waals surface area (Å²) in [5.74, 6) is 1.46. The van der Waals surface area contributed by atoms with Crippen LogP contribution in [0.25, 0.3) is 0 Å². The van der Waals surface area contributed by atoms with Gasteiger partial charge in [0.25, 0.3) is 0 Å². The third-order valence-electron chi connectivity index (χ3n) is 4.40. The highest BCUT2D eigenvalue weighted by atomic mass is 16.2. The number of carbonyl (C=O) groups is 1. The van der Waals surface area contributed by atoms with Crippen LogP contribution in [0.4, 0.5) is 5.69 Å². The molecule has 1 amide bonds. The number of para-hydroxylation sites is 1. The molecule has 1 aliphatic rings. The minimum atomic E-state index is 0.125. The molecule has 6 nitrogen and oxygen atoms in total. The molecule has 2 N–H and O–H groups in total. The molecule has 0 atom stereocenters. The number of nitrogens with zero attached hydrogens (tertiary/aromatic N) is 3. The summed E-state index contributed by atoms with van der Waals surface area (Å²) in [5.41, 5.74) is 1.22. The highest BCUT2D eigenvalue weighted by Crippen LogP contribution is 2.15. The molecule has 0 radical (unpaired) electrons. The van der Waals surface area contributed by atoms with Crippen LogP contribution in [-0.2, 0) is 4.79 Å². The third kappa shape index (κ3) is 6.29. The molecule has 1 aromatic rings. The van der Waals surface area contributed by atoms with Crippen molar-refractivity contribution in [3.63, 3.8) is 0 Å². The third-order valence-corrected chi connectivity index (χ3v) is 4.40. The summed E-state index contributed by atoms with van der Waals surface area (Å²) in [6.07, 6.45) is 1.08. The molecule has 1 saturated heterocycles. The average molecular weight is 345 g/mol. The van der Waals surface area contributed by atoms with E-state index in [0.29, 0.717) is 11.9 Å². The Kier molecular flexibility index (Phi) is 7.57. The SMILES string of the molecule is CN=C(NCCC(C)C)NCC(=O)N1CCN(c2ccccc2)CC1. The number of hydrogen-bond acceptors (Lipinski definition) is 3. The van der Waals surface area contributed by atoms with Crippen LogP contribution in [0.2, 0.25) is 0 Å². The summed E-state index contributed by atoms with van der Waals surface area (Å²) in [6, 6.07) is 10.4. The lowest BCUT2D eigenvalue weighted by Crippen LogP contribution is -2.52. The highest BCUT2D eigenvalue weighted by Gasteiger charge is 2.21. The first-order chi connectivity index (χ1) is 12.1. The summed E-state index contributed by atoms with van der Waals surface area (Å²) >= 11 is 0. The smallest absolute Gasteiger partial charge is 0.242 e. The van der Waals surface area contributed by atoms with Crippen LogP contribution in [0.1, 0.15) is 20.3 Å². The second-order valence-corrected chi connectivity index (χ2v) is 6.74. The first-order valence-electron chi connectivity index (χ1n) is 9.12. The van der Waals surface area contributed by atoms with E-state index in [1.54, 1.807) is 7.05 Å². The van der Waals surface area contributed by atoms with Crippen LogP contribution < -0.4 is 15.5 Å². The maximum absolute atomic E-state index is 12.4. The summed E-state index contributed by atoms with van der Waals surface area (Å²) in [5, 5.41) is 6.36. The van der Waals surface area contributed by atoms with E-state index in [1.807, 2.05) is 11.0 Å². The second kappa shape index (κ2) is 9.91. The molecule has 2 rings (SSSR count). The zero-order valence-electron chi connectivity index (χ0n) is 15.7. The number of piperazine rings is 1. The number of benzene rings is 1. The number of amides is 1. The number of guanidine groups is 1. The molecule has 0 aliphatic carbocycles. The lowest BCUT2D eigenvalue weighted by Gasteiger charge is -2.36. The molecule has 0 bridgehead atoms. The Bertz CT molecular complexity index is 550. The van der Waals surface area contributed by atoms with Crippen molar-refractivity contribution in [2.75, 3.05) is 51.2 Å². The molecule has 0 spiro atoms. The van der Waals surface area contributed by atoms with Crippen LogP contribution in [0.3, 0.4) is 0 Å². The number of hydrogen-bond donors (Lipinski definition) is 2. The summed E-state index contributed by atoms with van der Waals surface area (Å²) in [6.45, 7) is 8.79. The van der Waals surface area contributed by atoms with Crippen LogP contribution in [0, 0.1) is 5.92 Å². The molecule has 25 heavy (non-hydrogen) atoms. The Morgan fingerprint density at radius 3 is 2.40 bits per heavy atom. The van der Waals surface area contributed by atoms with E-state index in [-0.39, 0.29) is 12.5 Å². The summed E-state index contributed by atoms with van der Waals surface area (Å²) in [4.78, 5) is 20.8. The first-order valence-corrected chi connectivity index (χ1v) is 9.12. The number of rotatable bonds is 6. The molecule has 138 valence electrons. The normalized spacial score (nSPS) is 15.4. The van der Waals surface area contributed by atoms with Gasteiger partial charge in [0.1, 0.15) is 0 Å². The maximum Gasteiger partial charge on any atom is 0.242 e. The van der Waals surface area contributed by atoms with Gasteiger partial charge >= 0.3 is 0 Å². The molecular formula is C19H31N5O. The summed E-state index contributed by atoms with van der Waals surface area (Å²) < 4.78 is 0. The molecule has 1 aliphatic heterocycles. The fourth-order valence-corrected chi connectivity index (χ4v) is 2.82. The Morgan fingerprint density at radius 2 is 1.80 bits per heavy atom. The van der Waals surface area contributed by atoms with Crippen molar-refractivity contribution in [2.24, 2.45) is 10.9 Å². The van der Waals surface area contributed by atoms with Crippen molar-refractivity contribution in [3.05, 3.63) is 30.3 Å². The van der Waals surface area contributed by atoms with Gasteiger partial charge in [-0.1, -0.05) is 32.0 Å². The van der Waals surface area contributed by atoms with Crippen molar-refractivity contribution in [2.45, 2.75) is 20.3 Å². The highest BCUT2D eigenvalue weighted by molar-refractivity contribution is 5.86. The van der Waals surface area contributed by atoms with Crippen molar-refractivity contribution in [1.82, 2.24) is 15.5 Å². The zero-order valence-corrected chi connectivity index (χ0v) is 15.7. The van der Waals surface area contributed by atoms with Gasteiger partial charge in [-0.2, -0.15) is 0 Å². The molecule has 6 heteroatoms. The van der Waals surface area contributed by atoms with Crippen molar-refractivity contribution in [3.8, 4) is 0 Å². The Balaban J connectivity index is 1.71. The van der Waals surface area contributed by atoms with E-state index in [4.69, 9.17) is 0 Å². The van der Waals surface area contributed by atoms with Gasteiger partial charge < -0.3 is 20.4 Å². The fraction of sp³-hybridized carbons (Fsp3) is 0.579. The topological polar surface area (TPSA) is 60.0 Å². The second-order valence-electron chi connectivity index (χ2n) is 6.74. The van der Waals surface area contributed by atoms with Crippen molar-refractivity contribution in [1.29, 1.82) is 0 Å². The maximum atomic E-state index is 12.4. The molecule has 0 unspecified atom stereocenters. The standard InChI is InChI=1S/C19H31N5O/c1-16(2)9-10-21-19(20-3)22-15-18(25)24-13-11-23(12-14-24)17-7-5-4-6-8-17/h4-8,16H,9-15H2,1-3H3,(H2,20,21,22). The Labute approximate surface area is 151 Å². The number of anilines is 1. The van der Waals surface area contributed by atoms with Gasteiger partial charge in [-0.25, -0.2) is 0 Å². The van der Waals surface area contributed by atoms with E-state index >= 15 is 0 Å². The Morgan fingerprint density at radius 1 is 1.12 bits per heavy atom. The minimum Gasteiger partial charge on any atom is -0.368 e. The molecular weight excluding hydrogens is 314 g/mol. The van der Waals surface area contributed by atoms with Gasteiger partial charge in [-0.3, -0.25) is 9.79 Å².